The van der Waals surface area contributed by atoms with Crippen LogP contribution in [0.1, 0.15) is 62.9 Å². The minimum Gasteiger partial charge on any atom is -0.469 e. The molecule has 10 heteroatoms. The quantitative estimate of drug-likeness (QED) is 0.356. The fourth-order valence-electron chi connectivity index (χ4n) is 4.94. The average molecular weight is 511 g/mol. The zero-order valence-electron chi connectivity index (χ0n) is 21.7. The monoisotopic (exact) mass is 510 g/mol. The molecule has 1 aliphatic carbocycles. The lowest BCUT2D eigenvalue weighted by Crippen LogP contribution is -2.49. The van der Waals surface area contributed by atoms with Crippen molar-refractivity contribution in [3.05, 3.63) is 10.6 Å². The van der Waals surface area contributed by atoms with Gasteiger partial charge in [0.05, 0.1) is 19.3 Å². The van der Waals surface area contributed by atoms with Crippen molar-refractivity contribution in [3.63, 3.8) is 0 Å². The first-order valence-electron chi connectivity index (χ1n) is 13.0. The van der Waals surface area contributed by atoms with E-state index in [0.29, 0.717) is 37.2 Å². The molecule has 0 aromatic carbocycles. The highest BCUT2D eigenvalue weighted by Crippen LogP contribution is 2.32. The molecule has 0 saturated heterocycles. The number of hydrogen-bond donors (Lipinski definition) is 1. The first kappa shape index (κ1) is 27.8. The first-order valence-corrected chi connectivity index (χ1v) is 13.8. The summed E-state index contributed by atoms with van der Waals surface area (Å²) >= 11 is 1.59. The summed E-state index contributed by atoms with van der Waals surface area (Å²) in [5.41, 5.74) is 1.11. The molecule has 9 nitrogen and oxygen atoms in total. The zero-order valence-corrected chi connectivity index (χ0v) is 22.5. The first-order chi connectivity index (χ1) is 16.9. The van der Waals surface area contributed by atoms with Gasteiger partial charge < -0.3 is 24.0 Å². The van der Waals surface area contributed by atoms with Gasteiger partial charge in [0.25, 0.3) is 0 Å². The number of carbonyl (C=O) groups is 2. The molecule has 35 heavy (non-hydrogen) atoms. The molecule has 1 fully saturated rings. The molecule has 198 valence electrons. The molecule has 2 amide bonds. The highest BCUT2D eigenvalue weighted by atomic mass is 32.1. The van der Waals surface area contributed by atoms with Crippen LogP contribution in [0.3, 0.4) is 0 Å². The van der Waals surface area contributed by atoms with E-state index < -0.39 is 6.29 Å². The van der Waals surface area contributed by atoms with Gasteiger partial charge in [0.1, 0.15) is 0 Å². The number of urea groups is 1. The third-order valence-corrected chi connectivity index (χ3v) is 8.07. The predicted molar refractivity (Wildman–Crippen MR) is 137 cm³/mol. The average Bonchev–Trinajstić information content (AvgIpc) is 3.16. The van der Waals surface area contributed by atoms with Crippen LogP contribution in [0.4, 0.5) is 9.93 Å². The minimum absolute atomic E-state index is 0.0965. The number of amides is 2. The highest BCUT2D eigenvalue weighted by molar-refractivity contribution is 7.15. The van der Waals surface area contributed by atoms with Gasteiger partial charge in [-0.2, -0.15) is 0 Å². The maximum Gasteiger partial charge on any atom is 0.324 e. The Morgan fingerprint density at radius 1 is 1.14 bits per heavy atom. The maximum absolute atomic E-state index is 13.5. The third-order valence-electron chi connectivity index (χ3n) is 7.00. The zero-order chi connectivity index (χ0) is 25.2. The Kier molecular flexibility index (Phi) is 11.2. The topological polar surface area (TPSA) is 93.2 Å². The van der Waals surface area contributed by atoms with E-state index in [9.17, 15) is 9.59 Å². The molecule has 1 N–H and O–H groups in total. The van der Waals surface area contributed by atoms with Crippen molar-refractivity contribution >= 4 is 28.5 Å². The Labute approximate surface area is 213 Å². The summed E-state index contributed by atoms with van der Waals surface area (Å²) in [5.74, 6) is 0.329. The number of methoxy groups -OCH3 is 1. The molecule has 1 aliphatic heterocycles. The molecule has 3 rings (SSSR count). The second kappa shape index (κ2) is 14.1. The van der Waals surface area contributed by atoms with Gasteiger partial charge in [-0.15, -0.1) is 11.3 Å². The van der Waals surface area contributed by atoms with E-state index in [1.54, 1.807) is 11.3 Å². The van der Waals surface area contributed by atoms with Crippen LogP contribution in [0.25, 0.3) is 0 Å². The molecule has 1 aromatic heterocycles. The summed E-state index contributed by atoms with van der Waals surface area (Å²) in [4.78, 5) is 35.3. The number of likely N-dealkylation sites (N-methyl/N-ethyl adjacent to an activating group) is 1. The van der Waals surface area contributed by atoms with E-state index in [4.69, 9.17) is 19.2 Å². The van der Waals surface area contributed by atoms with Gasteiger partial charge in [0.2, 0.25) is 0 Å². The lowest BCUT2D eigenvalue weighted by Gasteiger charge is -2.38. The summed E-state index contributed by atoms with van der Waals surface area (Å²) in [7, 11) is 3.57. The standard InChI is InChI=1S/C25H42N4O5S/c1-5-33-23(34-6-2)17-29(19-10-7-18(8-11-19)9-12-22(30)32-4)25(31)27-24-26-20-13-15-28(3)16-14-21(20)35-24/h18-19,23H,5-17H2,1-4H3,(H,26,27,31)/t18-,19-. The lowest BCUT2D eigenvalue weighted by atomic mass is 9.83. The molecule has 1 aromatic rings. The van der Waals surface area contributed by atoms with Crippen molar-refractivity contribution in [2.75, 3.05) is 52.3 Å². The second-order valence-corrected chi connectivity index (χ2v) is 10.5. The minimum atomic E-state index is -0.462. The number of ether oxygens (including phenoxy) is 3. The fourth-order valence-corrected chi connectivity index (χ4v) is 5.93. The molecule has 0 spiro atoms. The molecular weight excluding hydrogens is 468 g/mol. The number of hydrogen-bond acceptors (Lipinski definition) is 8. The Morgan fingerprint density at radius 2 is 1.83 bits per heavy atom. The molecular formula is C25H42N4O5S. The van der Waals surface area contributed by atoms with E-state index >= 15 is 0 Å². The fraction of sp³-hybridized carbons (Fsp3) is 0.800. The van der Waals surface area contributed by atoms with Crippen LogP contribution in [-0.2, 0) is 31.8 Å². The normalized spacial score (nSPS) is 20.8. The number of nitrogens with zero attached hydrogens (tertiary/aromatic N) is 3. The van der Waals surface area contributed by atoms with Gasteiger partial charge in [-0.25, -0.2) is 9.78 Å². The second-order valence-electron chi connectivity index (χ2n) is 9.40. The third kappa shape index (κ3) is 8.41. The van der Waals surface area contributed by atoms with E-state index in [0.717, 1.165) is 63.7 Å². The maximum atomic E-state index is 13.5. The van der Waals surface area contributed by atoms with E-state index in [-0.39, 0.29) is 18.0 Å². The van der Waals surface area contributed by atoms with Crippen LogP contribution in [0, 0.1) is 5.92 Å². The largest absolute Gasteiger partial charge is 0.469 e. The van der Waals surface area contributed by atoms with Gasteiger partial charge in [-0.1, -0.05) is 0 Å². The summed E-state index contributed by atoms with van der Waals surface area (Å²) < 4.78 is 16.3. The Morgan fingerprint density at radius 3 is 2.49 bits per heavy atom. The van der Waals surface area contributed by atoms with Crippen LogP contribution in [0.5, 0.6) is 0 Å². The molecule has 1 saturated carbocycles. The van der Waals surface area contributed by atoms with Gasteiger partial charge in [-0.05, 0) is 65.3 Å². The van der Waals surface area contributed by atoms with Crippen LogP contribution in [0.15, 0.2) is 0 Å². The van der Waals surface area contributed by atoms with Gasteiger partial charge in [0, 0.05) is 50.1 Å². The molecule has 0 atom stereocenters. The molecule has 0 radical (unpaired) electrons. The number of anilines is 1. The summed E-state index contributed by atoms with van der Waals surface area (Å²) in [5, 5.41) is 3.76. The Balaban J connectivity index is 1.66. The number of nitrogens with one attached hydrogen (secondary N) is 1. The Bertz CT molecular complexity index is 780. The van der Waals surface area contributed by atoms with Crippen LogP contribution < -0.4 is 5.32 Å². The molecule has 2 aliphatic rings. The summed E-state index contributed by atoms with van der Waals surface area (Å²) in [6, 6.07) is -0.0485. The summed E-state index contributed by atoms with van der Waals surface area (Å²) in [6.45, 7) is 7.28. The summed E-state index contributed by atoms with van der Waals surface area (Å²) in [6.07, 6.45) is 6.47. The van der Waals surface area contributed by atoms with Crippen molar-refractivity contribution in [3.8, 4) is 0 Å². The number of thiazole rings is 1. The van der Waals surface area contributed by atoms with E-state index in [2.05, 4.69) is 17.3 Å². The van der Waals surface area contributed by atoms with Crippen molar-refractivity contribution in [2.45, 2.75) is 77.5 Å². The van der Waals surface area contributed by atoms with Crippen molar-refractivity contribution in [1.82, 2.24) is 14.8 Å². The van der Waals surface area contributed by atoms with Gasteiger partial charge in [0.15, 0.2) is 11.4 Å². The number of esters is 1. The number of fused-ring (bicyclic) bond motifs is 1. The smallest absolute Gasteiger partial charge is 0.324 e. The number of carbonyl (C=O) groups excluding carboxylic acids is 2. The SMILES string of the molecule is CCOC(CN(C(=O)Nc1nc2c(s1)CCN(C)CC2)[C@H]1CC[C@H](CCC(=O)OC)CC1)OCC. The van der Waals surface area contributed by atoms with Crippen LogP contribution >= 0.6 is 11.3 Å². The van der Waals surface area contributed by atoms with Crippen LogP contribution in [-0.4, -0.2) is 86.1 Å². The van der Waals surface area contributed by atoms with E-state index in [1.165, 1.54) is 12.0 Å². The number of rotatable bonds is 11. The highest BCUT2D eigenvalue weighted by Gasteiger charge is 2.32. The van der Waals surface area contributed by atoms with Gasteiger partial charge >= 0.3 is 12.0 Å². The lowest BCUT2D eigenvalue weighted by molar-refractivity contribution is -0.146. The predicted octanol–water partition coefficient (Wildman–Crippen LogP) is 3.92. The van der Waals surface area contributed by atoms with Crippen molar-refractivity contribution in [2.24, 2.45) is 5.92 Å². The van der Waals surface area contributed by atoms with Crippen molar-refractivity contribution in [1.29, 1.82) is 0 Å². The van der Waals surface area contributed by atoms with Gasteiger partial charge in [-0.3, -0.25) is 10.1 Å². The van der Waals surface area contributed by atoms with Crippen LogP contribution in [0.2, 0.25) is 0 Å². The Hall–Kier alpha value is -1.75. The molecule has 2 heterocycles. The number of aromatic nitrogens is 1. The molecule has 0 bridgehead atoms. The molecule has 0 unspecified atom stereocenters. The van der Waals surface area contributed by atoms with Crippen molar-refractivity contribution < 1.29 is 23.8 Å². The van der Waals surface area contributed by atoms with E-state index in [1.807, 2.05) is 18.7 Å².